The molecule has 3 aromatic carbocycles. The molecule has 0 spiro atoms. The molecule has 2 aliphatic carbocycles. The minimum Gasteiger partial charge on any atom is -0.453 e. The van der Waals surface area contributed by atoms with E-state index in [1.807, 2.05) is 53.4 Å². The molecule has 4 atom stereocenters. The second-order valence-electron chi connectivity index (χ2n) is 17.6. The standard InChI is InChI=1S/C43H48F2N8O6Si/c1-58-41(56)50-34(25-9-10-25)39(54)52-21-43(44,45)18-32(52)38-47-30-16-14-28-17-27(13-15-29(28)36(30)49-38)23-5-7-24(8-6-23)31-19-46-37(48-31)33-20-60(3,4)22-53(33)40(55)35(26-11-12-26)51-42(57)59-2/h5-8,13-17,19,25-26,32-35H,9-12,18,20-22H2,1-4H3,(H,46,48)(H,47,49)(H,50,56)(H,51,57)/t32-,33-,34-,35-/m0/s1. The van der Waals surface area contributed by atoms with E-state index in [-0.39, 0.29) is 29.6 Å². The molecule has 4 fully saturated rings. The van der Waals surface area contributed by atoms with Crippen molar-refractivity contribution in [3.63, 3.8) is 0 Å². The first kappa shape index (κ1) is 39.6. The molecule has 60 heavy (non-hydrogen) atoms. The van der Waals surface area contributed by atoms with Crippen LogP contribution < -0.4 is 10.6 Å². The lowest BCUT2D eigenvalue weighted by Gasteiger charge is -2.28. The molecule has 17 heteroatoms. The molecule has 9 rings (SSSR count). The first-order valence-corrected chi connectivity index (χ1v) is 23.9. The van der Waals surface area contributed by atoms with Gasteiger partial charge in [0.2, 0.25) is 11.8 Å². The Morgan fingerprint density at radius 2 is 1.42 bits per heavy atom. The van der Waals surface area contributed by atoms with Crippen LogP contribution in [-0.4, -0.2) is 107 Å². The van der Waals surface area contributed by atoms with Crippen LogP contribution >= 0.6 is 0 Å². The van der Waals surface area contributed by atoms with E-state index in [0.29, 0.717) is 30.0 Å². The van der Waals surface area contributed by atoms with Crippen molar-refractivity contribution in [2.24, 2.45) is 11.8 Å². The van der Waals surface area contributed by atoms with Gasteiger partial charge in [0, 0.05) is 18.0 Å². The fourth-order valence-corrected chi connectivity index (χ4v) is 11.9. The van der Waals surface area contributed by atoms with Gasteiger partial charge in [-0.1, -0.05) is 55.6 Å². The number of nitrogens with one attached hydrogen (secondary N) is 4. The molecule has 2 aromatic heterocycles. The van der Waals surface area contributed by atoms with Gasteiger partial charge in [-0.2, -0.15) is 0 Å². The summed E-state index contributed by atoms with van der Waals surface area (Å²) in [5, 5.41) is 7.13. The molecule has 314 valence electrons. The molecular weight excluding hydrogens is 791 g/mol. The zero-order valence-electron chi connectivity index (χ0n) is 33.9. The van der Waals surface area contributed by atoms with E-state index in [4.69, 9.17) is 19.4 Å². The molecule has 4 aliphatic rings. The number of hydrogen-bond acceptors (Lipinski definition) is 8. The quantitative estimate of drug-likeness (QED) is 0.108. The smallest absolute Gasteiger partial charge is 0.407 e. The van der Waals surface area contributed by atoms with Crippen LogP contribution in [0.1, 0.15) is 55.8 Å². The number of aromatic amines is 2. The number of carbonyl (C=O) groups is 4. The Bertz CT molecular complexity index is 2500. The largest absolute Gasteiger partial charge is 0.453 e. The van der Waals surface area contributed by atoms with Crippen LogP contribution in [0.3, 0.4) is 0 Å². The molecule has 14 nitrogen and oxygen atoms in total. The van der Waals surface area contributed by atoms with Crippen molar-refractivity contribution in [2.45, 2.75) is 81.3 Å². The number of carbonyl (C=O) groups excluding carboxylic acids is 4. The zero-order chi connectivity index (χ0) is 42.1. The number of hydrogen-bond donors (Lipinski definition) is 4. The fraction of sp³-hybridized carbons (Fsp3) is 0.442. The van der Waals surface area contributed by atoms with E-state index in [1.54, 1.807) is 6.20 Å². The highest BCUT2D eigenvalue weighted by atomic mass is 28.3. The van der Waals surface area contributed by atoms with Gasteiger partial charge in [-0.25, -0.2) is 28.3 Å². The van der Waals surface area contributed by atoms with Gasteiger partial charge in [0.1, 0.15) is 23.7 Å². The first-order valence-electron chi connectivity index (χ1n) is 20.5. The third-order valence-electron chi connectivity index (χ3n) is 12.4. The molecule has 5 aromatic rings. The third-order valence-corrected chi connectivity index (χ3v) is 15.1. The lowest BCUT2D eigenvalue weighted by molar-refractivity contribution is -0.136. The van der Waals surface area contributed by atoms with Crippen molar-refractivity contribution in [1.82, 2.24) is 40.4 Å². The van der Waals surface area contributed by atoms with Crippen LogP contribution in [0, 0.1) is 11.8 Å². The fourth-order valence-electron chi connectivity index (χ4n) is 9.05. The number of benzene rings is 3. The predicted molar refractivity (Wildman–Crippen MR) is 221 cm³/mol. The number of methoxy groups -OCH3 is 2. The zero-order valence-corrected chi connectivity index (χ0v) is 34.9. The number of halogens is 2. The van der Waals surface area contributed by atoms with Gasteiger partial charge >= 0.3 is 12.2 Å². The highest BCUT2D eigenvalue weighted by Crippen LogP contribution is 2.44. The number of fused-ring (bicyclic) bond motifs is 3. The Morgan fingerprint density at radius 3 is 2.05 bits per heavy atom. The van der Waals surface area contributed by atoms with Gasteiger partial charge < -0.3 is 39.9 Å². The Labute approximate surface area is 345 Å². The van der Waals surface area contributed by atoms with Crippen molar-refractivity contribution in [3.05, 3.63) is 72.4 Å². The summed E-state index contributed by atoms with van der Waals surface area (Å²) >= 11 is 0. The number of ether oxygens (including phenoxy) is 2. The predicted octanol–water partition coefficient (Wildman–Crippen LogP) is 7.08. The normalized spacial score (nSPS) is 21.8. The van der Waals surface area contributed by atoms with Crippen molar-refractivity contribution in [3.8, 4) is 22.4 Å². The monoisotopic (exact) mass is 838 g/mol. The van der Waals surface area contributed by atoms with E-state index < -0.39 is 63.2 Å². The van der Waals surface area contributed by atoms with Crippen LogP contribution in [-0.2, 0) is 19.1 Å². The molecule has 4 N–H and O–H groups in total. The summed E-state index contributed by atoms with van der Waals surface area (Å²) < 4.78 is 39.5. The Balaban J connectivity index is 0.931. The van der Waals surface area contributed by atoms with Gasteiger partial charge in [0.05, 0.1) is 63.8 Å². The minimum absolute atomic E-state index is 0.0809. The van der Waals surface area contributed by atoms with Crippen molar-refractivity contribution < 1.29 is 37.4 Å². The summed E-state index contributed by atoms with van der Waals surface area (Å²) in [5.74, 6) is -2.77. The molecule has 0 radical (unpaired) electrons. The van der Waals surface area contributed by atoms with Crippen LogP contribution in [0.15, 0.2) is 60.8 Å². The summed E-state index contributed by atoms with van der Waals surface area (Å²) in [6.07, 6.45) is 3.75. The highest BCUT2D eigenvalue weighted by molar-refractivity contribution is 6.78. The average molecular weight is 839 g/mol. The second-order valence-corrected chi connectivity index (χ2v) is 22.6. The SMILES string of the molecule is COC(=O)N[C@H](C(=O)N1C[Si](C)(C)C[C@H]1c1ncc(-c2ccc(-c3ccc4c(ccc5nc([C@@H]6CC(F)(F)CN6C(=O)[C@@H](NC(=O)OC)C6CC6)[nH]c54)c3)cc2)[nH]1)C1CC1. The van der Waals surface area contributed by atoms with Crippen molar-refractivity contribution in [1.29, 1.82) is 0 Å². The number of imidazole rings is 2. The molecule has 2 saturated carbocycles. The lowest BCUT2D eigenvalue weighted by atomic mass is 9.99. The number of nitrogens with zero attached hydrogens (tertiary/aromatic N) is 4. The summed E-state index contributed by atoms with van der Waals surface area (Å²) in [7, 11) is 0.744. The van der Waals surface area contributed by atoms with E-state index in [2.05, 4.69) is 39.8 Å². The second kappa shape index (κ2) is 15.0. The maximum atomic E-state index is 15.0. The molecule has 4 amide bonds. The number of alkyl carbamates (subject to hydrolysis) is 2. The molecule has 2 saturated heterocycles. The van der Waals surface area contributed by atoms with Crippen LogP contribution in [0.5, 0.6) is 0 Å². The number of likely N-dealkylation sites (tertiary alicyclic amines) is 1. The number of alkyl halides is 2. The molecule has 0 bridgehead atoms. The summed E-state index contributed by atoms with van der Waals surface area (Å²) in [4.78, 5) is 71.1. The lowest BCUT2D eigenvalue weighted by Crippen LogP contribution is -2.50. The van der Waals surface area contributed by atoms with Crippen LogP contribution in [0.4, 0.5) is 18.4 Å². The van der Waals surface area contributed by atoms with Gasteiger partial charge in [-0.05, 0) is 77.8 Å². The number of amides is 4. The summed E-state index contributed by atoms with van der Waals surface area (Å²) in [6.45, 7) is 3.78. The maximum Gasteiger partial charge on any atom is 0.407 e. The van der Waals surface area contributed by atoms with Crippen LogP contribution in [0.2, 0.25) is 19.1 Å². The van der Waals surface area contributed by atoms with E-state index >= 15 is 0 Å². The molecule has 2 aliphatic heterocycles. The van der Waals surface area contributed by atoms with E-state index in [9.17, 15) is 28.0 Å². The Morgan fingerprint density at radius 1 is 0.800 bits per heavy atom. The highest BCUT2D eigenvalue weighted by Gasteiger charge is 2.52. The van der Waals surface area contributed by atoms with Crippen molar-refractivity contribution in [2.75, 3.05) is 26.9 Å². The molecular formula is C43H48F2N8O6Si. The molecule has 4 heterocycles. The first-order chi connectivity index (χ1) is 28.7. The number of rotatable bonds is 10. The van der Waals surface area contributed by atoms with Crippen molar-refractivity contribution >= 4 is 53.9 Å². The van der Waals surface area contributed by atoms with E-state index in [1.165, 1.54) is 14.2 Å². The maximum absolute atomic E-state index is 15.0. The summed E-state index contributed by atoms with van der Waals surface area (Å²) in [6, 6.07) is 16.1. The van der Waals surface area contributed by atoms with Crippen LogP contribution in [0.25, 0.3) is 44.2 Å². The minimum atomic E-state index is -3.12. The van der Waals surface area contributed by atoms with Gasteiger partial charge in [-0.15, -0.1) is 0 Å². The Kier molecular flexibility index (Phi) is 9.91. The Hall–Kier alpha value is -5.84. The number of H-pyrrole nitrogens is 2. The average Bonchev–Trinajstić information content (AvgIpc) is 4.10. The topological polar surface area (TPSA) is 175 Å². The third kappa shape index (κ3) is 7.70. The molecule has 0 unspecified atom stereocenters. The van der Waals surface area contributed by atoms with E-state index in [0.717, 1.165) is 62.8 Å². The van der Waals surface area contributed by atoms with Gasteiger partial charge in [0.15, 0.2) is 0 Å². The van der Waals surface area contributed by atoms with Gasteiger partial charge in [-0.3, -0.25) is 9.59 Å². The number of aromatic nitrogens is 4. The summed E-state index contributed by atoms with van der Waals surface area (Å²) in [5.41, 5.74) is 5.02. The van der Waals surface area contributed by atoms with Gasteiger partial charge in [0.25, 0.3) is 5.92 Å².